The number of nitrogens with zero attached hydrogens (tertiary/aromatic N) is 2. The Hall–Kier alpha value is -0.980. The first-order chi connectivity index (χ1) is 8.24. The number of thiazole rings is 1. The molecule has 0 unspecified atom stereocenters. The zero-order valence-electron chi connectivity index (χ0n) is 9.89. The zero-order valence-corrected chi connectivity index (χ0v) is 10.7. The Bertz CT molecular complexity index is 394. The summed E-state index contributed by atoms with van der Waals surface area (Å²) < 4.78 is 5.54. The van der Waals surface area contributed by atoms with E-state index in [0.717, 1.165) is 11.4 Å². The Morgan fingerprint density at radius 2 is 2.59 bits per heavy atom. The normalized spacial score (nSPS) is 20.6. The summed E-state index contributed by atoms with van der Waals surface area (Å²) in [6.07, 6.45) is 1.08. The van der Waals surface area contributed by atoms with Crippen LogP contribution in [0.4, 0.5) is 0 Å². The Kier molecular flexibility index (Phi) is 4.09. The Morgan fingerprint density at radius 1 is 1.76 bits per heavy atom. The minimum absolute atomic E-state index is 0.0114. The van der Waals surface area contributed by atoms with E-state index in [1.165, 1.54) is 11.3 Å². The third-order valence-electron chi connectivity index (χ3n) is 2.83. The zero-order chi connectivity index (χ0) is 12.3. The van der Waals surface area contributed by atoms with Gasteiger partial charge in [0.1, 0.15) is 10.7 Å². The second-order valence-electron chi connectivity index (χ2n) is 3.98. The quantitative estimate of drug-likeness (QED) is 0.869. The van der Waals surface area contributed by atoms with Gasteiger partial charge in [0.05, 0.1) is 12.7 Å². The topological polar surface area (TPSA) is 68.5 Å². The molecule has 1 aliphatic rings. The van der Waals surface area contributed by atoms with Gasteiger partial charge in [-0.05, 0) is 6.42 Å². The highest BCUT2D eigenvalue weighted by molar-refractivity contribution is 7.09. The van der Waals surface area contributed by atoms with E-state index in [-0.39, 0.29) is 12.0 Å². The average Bonchev–Trinajstić information content (AvgIpc) is 2.86. The number of carbonyl (C=O) groups is 1. The third kappa shape index (κ3) is 2.83. The highest BCUT2D eigenvalue weighted by atomic mass is 32.1. The van der Waals surface area contributed by atoms with Gasteiger partial charge in [0.2, 0.25) is 0 Å². The fourth-order valence-electron chi connectivity index (χ4n) is 1.82. The van der Waals surface area contributed by atoms with Crippen LogP contribution in [0.1, 0.15) is 28.8 Å². The Labute approximate surface area is 105 Å². The monoisotopic (exact) mass is 255 g/mol. The van der Waals surface area contributed by atoms with E-state index in [4.69, 9.17) is 10.5 Å². The van der Waals surface area contributed by atoms with Gasteiger partial charge in [0, 0.05) is 25.0 Å². The molecule has 5 nitrogen and oxygen atoms in total. The number of morpholine rings is 1. The Balaban J connectivity index is 2.03. The number of ether oxygens (including phenoxy) is 1. The van der Waals surface area contributed by atoms with Crippen LogP contribution in [0.25, 0.3) is 0 Å². The maximum atomic E-state index is 12.2. The number of rotatable bonds is 3. The highest BCUT2D eigenvalue weighted by Crippen LogP contribution is 2.14. The van der Waals surface area contributed by atoms with Crippen molar-refractivity contribution < 1.29 is 9.53 Å². The van der Waals surface area contributed by atoms with Crippen molar-refractivity contribution in [3.05, 3.63) is 16.1 Å². The molecule has 6 heteroatoms. The van der Waals surface area contributed by atoms with Crippen LogP contribution in [-0.4, -0.2) is 41.6 Å². The summed E-state index contributed by atoms with van der Waals surface area (Å²) in [5.41, 5.74) is 6.00. The summed E-state index contributed by atoms with van der Waals surface area (Å²) in [4.78, 5) is 18.2. The third-order valence-corrected chi connectivity index (χ3v) is 3.70. The van der Waals surface area contributed by atoms with Gasteiger partial charge in [-0.3, -0.25) is 4.79 Å². The molecule has 94 valence electrons. The van der Waals surface area contributed by atoms with Crippen molar-refractivity contribution in [2.75, 3.05) is 19.7 Å². The predicted molar refractivity (Wildman–Crippen MR) is 65.9 cm³/mol. The van der Waals surface area contributed by atoms with Gasteiger partial charge < -0.3 is 15.4 Å². The lowest BCUT2D eigenvalue weighted by atomic mass is 10.2. The van der Waals surface area contributed by atoms with Gasteiger partial charge in [0.15, 0.2) is 0 Å². The number of hydrogen-bond donors (Lipinski definition) is 1. The average molecular weight is 255 g/mol. The molecule has 1 amide bonds. The van der Waals surface area contributed by atoms with Crippen molar-refractivity contribution in [2.24, 2.45) is 5.73 Å². The lowest BCUT2D eigenvalue weighted by Crippen LogP contribution is -2.45. The van der Waals surface area contributed by atoms with Crippen molar-refractivity contribution in [2.45, 2.75) is 26.0 Å². The maximum absolute atomic E-state index is 12.2. The number of hydrogen-bond acceptors (Lipinski definition) is 5. The largest absolute Gasteiger partial charge is 0.375 e. The van der Waals surface area contributed by atoms with Crippen LogP contribution in [0.3, 0.4) is 0 Å². The standard InChI is InChI=1S/C11H17N3O2S/c1-2-8-6-14(3-4-16-8)11(15)9-7-17-10(5-12)13-9/h7-8H,2-6,12H2,1H3/t8-/m1/s1. The van der Waals surface area contributed by atoms with Gasteiger partial charge in [-0.1, -0.05) is 6.92 Å². The molecule has 1 aromatic heterocycles. The highest BCUT2D eigenvalue weighted by Gasteiger charge is 2.25. The summed E-state index contributed by atoms with van der Waals surface area (Å²) >= 11 is 1.43. The molecule has 1 aromatic rings. The molecule has 2 N–H and O–H groups in total. The van der Waals surface area contributed by atoms with Crippen molar-refractivity contribution in [3.8, 4) is 0 Å². The van der Waals surface area contributed by atoms with Crippen molar-refractivity contribution in [1.29, 1.82) is 0 Å². The summed E-state index contributed by atoms with van der Waals surface area (Å²) in [7, 11) is 0. The molecular weight excluding hydrogens is 238 g/mol. The molecule has 0 aliphatic carbocycles. The molecule has 1 saturated heterocycles. The van der Waals surface area contributed by atoms with Gasteiger partial charge in [-0.2, -0.15) is 0 Å². The molecular formula is C11H17N3O2S. The van der Waals surface area contributed by atoms with Gasteiger partial charge in [0.25, 0.3) is 5.91 Å². The molecule has 17 heavy (non-hydrogen) atoms. The molecule has 0 radical (unpaired) electrons. The molecule has 0 bridgehead atoms. The predicted octanol–water partition coefficient (Wildman–Crippen LogP) is 0.853. The van der Waals surface area contributed by atoms with Gasteiger partial charge >= 0.3 is 0 Å². The van der Waals surface area contributed by atoms with E-state index in [1.54, 1.807) is 5.38 Å². The first kappa shape index (κ1) is 12.5. The second-order valence-corrected chi connectivity index (χ2v) is 4.93. The van der Waals surface area contributed by atoms with Crippen LogP contribution in [0, 0.1) is 0 Å². The maximum Gasteiger partial charge on any atom is 0.273 e. The summed E-state index contributed by atoms with van der Waals surface area (Å²) in [5.74, 6) is -0.0114. The van der Waals surface area contributed by atoms with E-state index in [9.17, 15) is 4.79 Å². The van der Waals surface area contributed by atoms with Crippen LogP contribution < -0.4 is 5.73 Å². The van der Waals surface area contributed by atoms with Crippen LogP contribution >= 0.6 is 11.3 Å². The summed E-state index contributed by atoms with van der Waals surface area (Å²) in [6, 6.07) is 0. The molecule has 0 aromatic carbocycles. The van der Waals surface area contributed by atoms with E-state index in [0.29, 0.717) is 31.9 Å². The van der Waals surface area contributed by atoms with Gasteiger partial charge in [-0.25, -0.2) is 4.98 Å². The number of aromatic nitrogens is 1. The SMILES string of the molecule is CC[C@@H]1CN(C(=O)c2csc(CN)n2)CCO1. The molecule has 1 atom stereocenters. The van der Waals surface area contributed by atoms with Gasteiger partial charge in [-0.15, -0.1) is 11.3 Å². The van der Waals surface area contributed by atoms with E-state index >= 15 is 0 Å². The molecule has 0 saturated carbocycles. The Morgan fingerprint density at radius 3 is 3.24 bits per heavy atom. The van der Waals surface area contributed by atoms with Crippen molar-refractivity contribution in [1.82, 2.24) is 9.88 Å². The minimum Gasteiger partial charge on any atom is -0.375 e. The molecule has 1 aliphatic heterocycles. The number of amides is 1. The first-order valence-electron chi connectivity index (χ1n) is 5.80. The fourth-order valence-corrected chi connectivity index (χ4v) is 2.46. The smallest absolute Gasteiger partial charge is 0.273 e. The van der Waals surface area contributed by atoms with Crippen LogP contribution in [0.15, 0.2) is 5.38 Å². The lowest BCUT2D eigenvalue weighted by molar-refractivity contribution is -0.0227. The van der Waals surface area contributed by atoms with Crippen LogP contribution in [0.2, 0.25) is 0 Å². The van der Waals surface area contributed by atoms with Crippen molar-refractivity contribution >= 4 is 17.2 Å². The molecule has 2 rings (SSSR count). The molecule has 1 fully saturated rings. The lowest BCUT2D eigenvalue weighted by Gasteiger charge is -2.32. The second kappa shape index (κ2) is 5.57. The van der Waals surface area contributed by atoms with E-state index in [2.05, 4.69) is 11.9 Å². The fraction of sp³-hybridized carbons (Fsp3) is 0.636. The molecule has 0 spiro atoms. The summed E-state index contributed by atoms with van der Waals surface area (Å²) in [5, 5.41) is 2.58. The van der Waals surface area contributed by atoms with Crippen molar-refractivity contribution in [3.63, 3.8) is 0 Å². The minimum atomic E-state index is -0.0114. The summed E-state index contributed by atoms with van der Waals surface area (Å²) in [6.45, 7) is 4.36. The number of nitrogens with two attached hydrogens (primary N) is 1. The van der Waals surface area contributed by atoms with Crippen LogP contribution in [-0.2, 0) is 11.3 Å². The molecule has 2 heterocycles. The number of carbonyl (C=O) groups excluding carboxylic acids is 1. The van der Waals surface area contributed by atoms with E-state index < -0.39 is 0 Å². The first-order valence-corrected chi connectivity index (χ1v) is 6.68. The van der Waals surface area contributed by atoms with E-state index in [1.807, 2.05) is 4.90 Å². The van der Waals surface area contributed by atoms with Crippen LogP contribution in [0.5, 0.6) is 0 Å².